The number of piperidine rings is 1. The lowest BCUT2D eigenvalue weighted by atomic mass is 9.85. The van der Waals surface area contributed by atoms with Crippen molar-refractivity contribution in [3.05, 3.63) is 46.9 Å². The molecule has 0 saturated carbocycles. The Bertz CT molecular complexity index is 793. The number of nitrogens with one attached hydrogen (secondary N) is 1. The van der Waals surface area contributed by atoms with E-state index >= 15 is 0 Å². The Morgan fingerprint density at radius 1 is 1.26 bits per heavy atom. The van der Waals surface area contributed by atoms with Crippen molar-refractivity contribution in [2.45, 2.75) is 52.5 Å². The molecule has 1 aliphatic heterocycles. The number of rotatable bonds is 5. The van der Waals surface area contributed by atoms with Gasteiger partial charge in [-0.1, -0.05) is 31.9 Å². The Balaban J connectivity index is 1.77. The van der Waals surface area contributed by atoms with E-state index in [1.807, 2.05) is 24.0 Å². The maximum Gasteiger partial charge on any atom is 0.255 e. The zero-order valence-electron chi connectivity index (χ0n) is 16.2. The maximum absolute atomic E-state index is 13.1. The molecule has 5 nitrogen and oxygen atoms in total. The molecule has 1 fully saturated rings. The van der Waals surface area contributed by atoms with Crippen LogP contribution in [0.5, 0.6) is 0 Å². The van der Waals surface area contributed by atoms with Gasteiger partial charge >= 0.3 is 0 Å². The minimum Gasteiger partial charge on any atom is -0.338 e. The van der Waals surface area contributed by atoms with Gasteiger partial charge in [-0.3, -0.25) is 9.78 Å². The third-order valence-electron chi connectivity index (χ3n) is 5.38. The number of pyridine rings is 2. The quantitative estimate of drug-likeness (QED) is 0.765. The van der Waals surface area contributed by atoms with Crippen LogP contribution in [0.1, 0.15) is 55.6 Å². The van der Waals surface area contributed by atoms with Crippen LogP contribution in [0, 0.1) is 12.8 Å². The Morgan fingerprint density at radius 2 is 2.07 bits per heavy atom. The normalized spacial score (nSPS) is 19.8. The molecule has 2 aromatic rings. The molecule has 0 aromatic carbocycles. The molecule has 1 aliphatic rings. The van der Waals surface area contributed by atoms with Gasteiger partial charge in [0.2, 0.25) is 0 Å². The predicted molar refractivity (Wildman–Crippen MR) is 110 cm³/mol. The lowest BCUT2D eigenvalue weighted by molar-refractivity contribution is 0.0479. The molecule has 2 aromatic heterocycles. The number of anilines is 2. The van der Waals surface area contributed by atoms with E-state index in [0.717, 1.165) is 37.2 Å². The average Bonchev–Trinajstić information content (AvgIpc) is 2.69. The lowest BCUT2D eigenvalue weighted by Gasteiger charge is -2.41. The monoisotopic (exact) mass is 386 g/mol. The van der Waals surface area contributed by atoms with Crippen molar-refractivity contribution in [3.63, 3.8) is 0 Å². The number of hydrogen-bond acceptors (Lipinski definition) is 4. The molecule has 1 saturated heterocycles. The highest BCUT2D eigenvalue weighted by Gasteiger charge is 2.32. The number of nitrogens with zero attached hydrogens (tertiary/aromatic N) is 3. The highest BCUT2D eigenvalue weighted by molar-refractivity contribution is 6.33. The molecule has 3 rings (SSSR count). The molecule has 0 radical (unpaired) electrons. The first-order chi connectivity index (χ1) is 13.0. The van der Waals surface area contributed by atoms with Crippen LogP contribution in [-0.4, -0.2) is 33.4 Å². The molecule has 144 valence electrons. The first-order valence-electron chi connectivity index (χ1n) is 9.69. The number of halogens is 1. The summed E-state index contributed by atoms with van der Waals surface area (Å²) in [6.07, 6.45) is 7.69. The summed E-state index contributed by atoms with van der Waals surface area (Å²) in [5.41, 5.74) is 2.29. The summed E-state index contributed by atoms with van der Waals surface area (Å²) in [7, 11) is 0. The minimum absolute atomic E-state index is 0.0259. The lowest BCUT2D eigenvalue weighted by Crippen LogP contribution is -2.48. The predicted octanol–water partition coefficient (Wildman–Crippen LogP) is 5.22. The molecule has 6 heteroatoms. The van der Waals surface area contributed by atoms with Crippen LogP contribution in [0.15, 0.2) is 30.6 Å². The van der Waals surface area contributed by atoms with Crippen molar-refractivity contribution in [1.82, 2.24) is 14.9 Å². The summed E-state index contributed by atoms with van der Waals surface area (Å²) < 4.78 is 0. The number of aryl methyl sites for hydroxylation is 1. The van der Waals surface area contributed by atoms with E-state index in [4.69, 9.17) is 11.6 Å². The van der Waals surface area contributed by atoms with Gasteiger partial charge in [-0.15, -0.1) is 0 Å². The number of amides is 1. The molecular weight excluding hydrogens is 360 g/mol. The minimum atomic E-state index is 0.0259. The van der Waals surface area contributed by atoms with Crippen LogP contribution in [0.4, 0.5) is 11.5 Å². The van der Waals surface area contributed by atoms with Crippen LogP contribution in [0.25, 0.3) is 0 Å². The van der Waals surface area contributed by atoms with Crippen molar-refractivity contribution in [2.24, 2.45) is 5.92 Å². The Hall–Kier alpha value is -2.14. The molecule has 0 bridgehead atoms. The highest BCUT2D eigenvalue weighted by Crippen LogP contribution is 2.30. The van der Waals surface area contributed by atoms with E-state index < -0.39 is 0 Å². The van der Waals surface area contributed by atoms with E-state index in [1.165, 1.54) is 6.42 Å². The van der Waals surface area contributed by atoms with Gasteiger partial charge in [0.1, 0.15) is 5.82 Å². The van der Waals surface area contributed by atoms with Crippen molar-refractivity contribution >= 4 is 29.0 Å². The Labute approximate surface area is 166 Å². The fourth-order valence-electron chi connectivity index (χ4n) is 3.91. The molecular formula is C21H27ClN4O. The largest absolute Gasteiger partial charge is 0.338 e. The summed E-state index contributed by atoms with van der Waals surface area (Å²) in [4.78, 5) is 23.7. The van der Waals surface area contributed by atoms with Crippen LogP contribution < -0.4 is 5.32 Å². The van der Waals surface area contributed by atoms with Gasteiger partial charge < -0.3 is 10.2 Å². The summed E-state index contributed by atoms with van der Waals surface area (Å²) in [6.45, 7) is 7.11. The molecule has 27 heavy (non-hydrogen) atoms. The first kappa shape index (κ1) is 19.6. The second-order valence-corrected chi connectivity index (χ2v) is 7.56. The molecule has 2 atom stereocenters. The molecule has 0 aliphatic carbocycles. The van der Waals surface area contributed by atoms with Gasteiger partial charge in [0.05, 0.1) is 22.5 Å². The van der Waals surface area contributed by atoms with E-state index in [0.29, 0.717) is 28.4 Å². The van der Waals surface area contributed by atoms with E-state index in [1.54, 1.807) is 18.5 Å². The van der Waals surface area contributed by atoms with Gasteiger partial charge in [-0.2, -0.15) is 0 Å². The van der Waals surface area contributed by atoms with Gasteiger partial charge in [0, 0.05) is 24.5 Å². The molecule has 3 heterocycles. The molecule has 1 N–H and O–H groups in total. The van der Waals surface area contributed by atoms with E-state index in [-0.39, 0.29) is 5.91 Å². The molecule has 0 spiro atoms. The number of carbonyl (C=O) groups excluding carboxylic acids is 1. The first-order valence-corrected chi connectivity index (χ1v) is 10.1. The number of hydrogen-bond donors (Lipinski definition) is 1. The van der Waals surface area contributed by atoms with Crippen molar-refractivity contribution < 1.29 is 4.79 Å². The second-order valence-electron chi connectivity index (χ2n) is 7.15. The smallest absolute Gasteiger partial charge is 0.255 e. The van der Waals surface area contributed by atoms with Crippen LogP contribution >= 0.6 is 11.6 Å². The number of aromatic nitrogens is 2. The summed E-state index contributed by atoms with van der Waals surface area (Å²) in [5.74, 6) is 1.13. The summed E-state index contributed by atoms with van der Waals surface area (Å²) in [6, 6.07) is 5.85. The van der Waals surface area contributed by atoms with Crippen LogP contribution in [0.2, 0.25) is 5.02 Å². The Morgan fingerprint density at radius 3 is 2.70 bits per heavy atom. The average molecular weight is 387 g/mol. The highest BCUT2D eigenvalue weighted by atomic mass is 35.5. The number of likely N-dealkylation sites (tertiary alicyclic amines) is 1. The summed E-state index contributed by atoms with van der Waals surface area (Å²) in [5, 5.41) is 3.58. The Kier molecular flexibility index (Phi) is 6.32. The van der Waals surface area contributed by atoms with Gasteiger partial charge in [0.15, 0.2) is 0 Å². The zero-order chi connectivity index (χ0) is 19.4. The van der Waals surface area contributed by atoms with Crippen molar-refractivity contribution in [1.29, 1.82) is 0 Å². The topological polar surface area (TPSA) is 58.1 Å². The second kappa shape index (κ2) is 8.70. The van der Waals surface area contributed by atoms with Crippen molar-refractivity contribution in [2.75, 3.05) is 11.9 Å². The van der Waals surface area contributed by atoms with Crippen LogP contribution in [0.3, 0.4) is 0 Å². The molecule has 1 amide bonds. The van der Waals surface area contributed by atoms with E-state index in [9.17, 15) is 4.79 Å². The zero-order valence-corrected chi connectivity index (χ0v) is 17.0. The van der Waals surface area contributed by atoms with Gasteiger partial charge in [0.25, 0.3) is 5.91 Å². The fraction of sp³-hybridized carbons (Fsp3) is 0.476. The number of carbonyl (C=O) groups is 1. The molecule has 2 unspecified atom stereocenters. The van der Waals surface area contributed by atoms with Crippen LogP contribution in [-0.2, 0) is 0 Å². The van der Waals surface area contributed by atoms with E-state index in [2.05, 4.69) is 29.1 Å². The SMILES string of the molecule is CCC1CCCN(C(=O)c2cnc(Nc3ccc(C)nc3)c(Cl)c2)C1CC. The summed E-state index contributed by atoms with van der Waals surface area (Å²) >= 11 is 6.40. The van der Waals surface area contributed by atoms with Gasteiger partial charge in [-0.05, 0) is 50.3 Å². The maximum atomic E-state index is 13.1. The van der Waals surface area contributed by atoms with Crippen molar-refractivity contribution in [3.8, 4) is 0 Å². The van der Waals surface area contributed by atoms with Gasteiger partial charge in [-0.25, -0.2) is 4.98 Å². The third kappa shape index (κ3) is 4.41. The third-order valence-corrected chi connectivity index (χ3v) is 5.67. The standard InChI is InChI=1S/C21H27ClN4O/c1-4-15-7-6-10-26(19(15)5-2)21(27)16-11-18(22)20(24-12-16)25-17-9-8-14(3)23-13-17/h8-9,11-13,15,19H,4-7,10H2,1-3H3,(H,24,25). The fourth-order valence-corrected chi connectivity index (χ4v) is 4.12.